The standard InChI is InChI=1S/C15H21NO2/c1-12(2)7-6-10-15(18)16-14(11-17)13-8-4-3-5-9-13/h3-6,8-10,12,14,17H,7,11H2,1-2H3,(H,16,18)/b10-6+/t14-/m1/s1. The average Bonchev–Trinajstić information content (AvgIpc) is 2.36. The Morgan fingerprint density at radius 1 is 1.33 bits per heavy atom. The van der Waals surface area contributed by atoms with E-state index in [0.29, 0.717) is 5.92 Å². The van der Waals surface area contributed by atoms with Gasteiger partial charge in [-0.1, -0.05) is 50.3 Å². The van der Waals surface area contributed by atoms with E-state index in [1.165, 1.54) is 6.08 Å². The molecule has 0 saturated heterocycles. The van der Waals surface area contributed by atoms with Gasteiger partial charge in [0.15, 0.2) is 0 Å². The molecular weight excluding hydrogens is 226 g/mol. The van der Waals surface area contributed by atoms with Gasteiger partial charge in [-0.2, -0.15) is 0 Å². The van der Waals surface area contributed by atoms with Crippen molar-refractivity contribution in [2.75, 3.05) is 6.61 Å². The van der Waals surface area contributed by atoms with Gasteiger partial charge in [0.2, 0.25) is 5.91 Å². The van der Waals surface area contributed by atoms with Crippen molar-refractivity contribution >= 4 is 5.91 Å². The summed E-state index contributed by atoms with van der Waals surface area (Å²) in [6.07, 6.45) is 4.27. The van der Waals surface area contributed by atoms with Gasteiger partial charge in [0.1, 0.15) is 0 Å². The van der Waals surface area contributed by atoms with Gasteiger partial charge < -0.3 is 10.4 Å². The van der Waals surface area contributed by atoms with Crippen LogP contribution in [-0.4, -0.2) is 17.6 Å². The molecule has 0 heterocycles. The molecule has 3 heteroatoms. The normalized spacial score (nSPS) is 12.9. The zero-order chi connectivity index (χ0) is 13.4. The first-order valence-corrected chi connectivity index (χ1v) is 6.26. The molecular formula is C15H21NO2. The fourth-order valence-corrected chi connectivity index (χ4v) is 1.59. The summed E-state index contributed by atoms with van der Waals surface area (Å²) in [5.41, 5.74) is 0.908. The molecule has 0 aliphatic rings. The van der Waals surface area contributed by atoms with E-state index >= 15 is 0 Å². The van der Waals surface area contributed by atoms with Crippen LogP contribution in [0.25, 0.3) is 0 Å². The van der Waals surface area contributed by atoms with Crippen LogP contribution >= 0.6 is 0 Å². The molecule has 0 radical (unpaired) electrons. The summed E-state index contributed by atoms with van der Waals surface area (Å²) in [6, 6.07) is 9.11. The van der Waals surface area contributed by atoms with E-state index < -0.39 is 0 Å². The van der Waals surface area contributed by atoms with Crippen LogP contribution in [0.2, 0.25) is 0 Å². The predicted molar refractivity (Wildman–Crippen MR) is 73.0 cm³/mol. The third kappa shape index (κ3) is 5.15. The molecule has 1 aromatic rings. The third-order valence-corrected chi connectivity index (χ3v) is 2.58. The minimum absolute atomic E-state index is 0.103. The van der Waals surface area contributed by atoms with E-state index in [4.69, 9.17) is 0 Å². The van der Waals surface area contributed by atoms with Gasteiger partial charge in [-0.05, 0) is 24.0 Å². The van der Waals surface area contributed by atoms with Crippen molar-refractivity contribution in [2.24, 2.45) is 5.92 Å². The molecule has 1 atom stereocenters. The van der Waals surface area contributed by atoms with Crippen molar-refractivity contribution in [1.29, 1.82) is 0 Å². The maximum Gasteiger partial charge on any atom is 0.244 e. The largest absolute Gasteiger partial charge is 0.394 e. The summed E-state index contributed by atoms with van der Waals surface area (Å²) in [5, 5.41) is 12.1. The lowest BCUT2D eigenvalue weighted by atomic mass is 10.1. The van der Waals surface area contributed by atoms with E-state index in [9.17, 15) is 9.90 Å². The molecule has 18 heavy (non-hydrogen) atoms. The molecule has 0 fully saturated rings. The highest BCUT2D eigenvalue weighted by Gasteiger charge is 2.11. The summed E-state index contributed by atoms with van der Waals surface area (Å²) in [7, 11) is 0. The molecule has 0 bridgehead atoms. The van der Waals surface area contributed by atoms with Gasteiger partial charge in [-0.3, -0.25) is 4.79 Å². The zero-order valence-corrected chi connectivity index (χ0v) is 11.0. The van der Waals surface area contributed by atoms with E-state index in [1.807, 2.05) is 36.4 Å². The summed E-state index contributed by atoms with van der Waals surface area (Å²) in [5.74, 6) is 0.371. The van der Waals surface area contributed by atoms with Gasteiger partial charge in [0, 0.05) is 0 Å². The predicted octanol–water partition coefficient (Wildman–Crippen LogP) is 2.44. The van der Waals surface area contributed by atoms with E-state index in [-0.39, 0.29) is 18.6 Å². The van der Waals surface area contributed by atoms with E-state index in [2.05, 4.69) is 19.2 Å². The van der Waals surface area contributed by atoms with Gasteiger partial charge >= 0.3 is 0 Å². The maximum atomic E-state index is 11.7. The van der Waals surface area contributed by atoms with Crippen molar-refractivity contribution in [3.8, 4) is 0 Å². The Labute approximate surface area is 109 Å². The van der Waals surface area contributed by atoms with Crippen LogP contribution in [-0.2, 0) is 4.79 Å². The first-order valence-electron chi connectivity index (χ1n) is 6.26. The monoisotopic (exact) mass is 247 g/mol. The summed E-state index contributed by atoms with van der Waals surface area (Å²) >= 11 is 0. The number of hydrogen-bond acceptors (Lipinski definition) is 2. The topological polar surface area (TPSA) is 49.3 Å². The second-order valence-corrected chi connectivity index (χ2v) is 4.69. The first-order chi connectivity index (χ1) is 8.63. The smallest absolute Gasteiger partial charge is 0.244 e. The number of benzene rings is 1. The second-order valence-electron chi connectivity index (χ2n) is 4.69. The van der Waals surface area contributed by atoms with Crippen LogP contribution in [0.3, 0.4) is 0 Å². The molecule has 0 aromatic heterocycles. The number of allylic oxidation sites excluding steroid dienone is 1. The maximum absolute atomic E-state index is 11.7. The molecule has 3 nitrogen and oxygen atoms in total. The fourth-order valence-electron chi connectivity index (χ4n) is 1.59. The Balaban J connectivity index is 2.54. The number of carbonyl (C=O) groups excluding carboxylic acids is 1. The third-order valence-electron chi connectivity index (χ3n) is 2.58. The van der Waals surface area contributed by atoms with Crippen molar-refractivity contribution in [3.05, 3.63) is 48.0 Å². The fraction of sp³-hybridized carbons (Fsp3) is 0.400. The molecule has 0 unspecified atom stereocenters. The van der Waals surface area contributed by atoms with E-state index in [1.54, 1.807) is 0 Å². The lowest BCUT2D eigenvalue weighted by Gasteiger charge is -2.15. The minimum atomic E-state index is -0.345. The number of carbonyl (C=O) groups is 1. The molecule has 0 aliphatic heterocycles. The van der Waals surface area contributed by atoms with Crippen molar-refractivity contribution in [1.82, 2.24) is 5.32 Å². The number of aliphatic hydroxyl groups excluding tert-OH is 1. The van der Waals surface area contributed by atoms with Crippen LogP contribution in [0.5, 0.6) is 0 Å². The molecule has 98 valence electrons. The van der Waals surface area contributed by atoms with Crippen LogP contribution in [0, 0.1) is 5.92 Å². The van der Waals surface area contributed by atoms with Gasteiger partial charge in [0.25, 0.3) is 0 Å². The Morgan fingerprint density at radius 3 is 2.56 bits per heavy atom. The summed E-state index contributed by atoms with van der Waals surface area (Å²) in [6.45, 7) is 4.10. The molecule has 0 spiro atoms. The van der Waals surface area contributed by atoms with Crippen LogP contribution in [0.4, 0.5) is 0 Å². The lowest BCUT2D eigenvalue weighted by Crippen LogP contribution is -2.29. The van der Waals surface area contributed by atoms with Gasteiger partial charge in [-0.25, -0.2) is 0 Å². The average molecular weight is 247 g/mol. The SMILES string of the molecule is CC(C)C/C=C/C(=O)N[C@H](CO)c1ccccc1. The molecule has 0 saturated carbocycles. The minimum Gasteiger partial charge on any atom is -0.394 e. The highest BCUT2D eigenvalue weighted by Crippen LogP contribution is 2.11. The first kappa shape index (κ1) is 14.5. The van der Waals surface area contributed by atoms with Crippen molar-refractivity contribution < 1.29 is 9.90 Å². The Bertz CT molecular complexity index is 385. The van der Waals surface area contributed by atoms with Crippen molar-refractivity contribution in [3.63, 3.8) is 0 Å². The lowest BCUT2D eigenvalue weighted by molar-refractivity contribution is -0.117. The molecule has 1 aromatic carbocycles. The Kier molecular flexibility index (Phi) is 6.15. The summed E-state index contributed by atoms with van der Waals surface area (Å²) < 4.78 is 0. The van der Waals surface area contributed by atoms with Crippen LogP contribution in [0.15, 0.2) is 42.5 Å². The molecule has 1 rings (SSSR count). The number of nitrogens with one attached hydrogen (secondary N) is 1. The highest BCUT2D eigenvalue weighted by atomic mass is 16.3. The molecule has 2 N–H and O–H groups in total. The van der Waals surface area contributed by atoms with Gasteiger partial charge in [0.05, 0.1) is 12.6 Å². The summed E-state index contributed by atoms with van der Waals surface area (Å²) in [4.78, 5) is 11.7. The molecule has 0 aliphatic carbocycles. The van der Waals surface area contributed by atoms with Crippen LogP contribution in [0.1, 0.15) is 31.9 Å². The number of amides is 1. The molecule has 1 amide bonds. The number of aliphatic hydroxyl groups is 1. The quantitative estimate of drug-likeness (QED) is 0.759. The van der Waals surface area contributed by atoms with Crippen molar-refractivity contribution in [2.45, 2.75) is 26.3 Å². The van der Waals surface area contributed by atoms with Gasteiger partial charge in [-0.15, -0.1) is 0 Å². The zero-order valence-electron chi connectivity index (χ0n) is 11.0. The number of rotatable bonds is 6. The number of hydrogen-bond donors (Lipinski definition) is 2. The second kappa shape index (κ2) is 7.67. The van der Waals surface area contributed by atoms with Crippen LogP contribution < -0.4 is 5.32 Å². The Hall–Kier alpha value is -1.61. The Morgan fingerprint density at radius 2 is 2.00 bits per heavy atom. The van der Waals surface area contributed by atoms with E-state index in [0.717, 1.165) is 12.0 Å². The highest BCUT2D eigenvalue weighted by molar-refractivity contribution is 5.87.